The minimum Gasteiger partial charge on any atom is -0.476 e. The first-order chi connectivity index (χ1) is 14.3. The first-order valence-corrected chi connectivity index (χ1v) is 10.6. The van der Waals surface area contributed by atoms with Crippen LogP contribution < -0.4 is 15.1 Å². The van der Waals surface area contributed by atoms with Crippen molar-refractivity contribution in [2.24, 2.45) is 5.41 Å². The zero-order valence-corrected chi connectivity index (χ0v) is 18.7. The number of aromatic nitrogens is 1. The van der Waals surface area contributed by atoms with Gasteiger partial charge in [0.2, 0.25) is 0 Å². The summed E-state index contributed by atoms with van der Waals surface area (Å²) in [4.78, 5) is 15.1. The lowest BCUT2D eigenvalue weighted by Gasteiger charge is -2.47. The van der Waals surface area contributed by atoms with Gasteiger partial charge < -0.3 is 23.7 Å². The van der Waals surface area contributed by atoms with Crippen molar-refractivity contribution in [2.75, 3.05) is 45.4 Å². The van der Waals surface area contributed by atoms with Crippen LogP contribution in [-0.2, 0) is 22.4 Å². The summed E-state index contributed by atoms with van der Waals surface area (Å²) in [7, 11) is 3.27. The second-order valence-corrected chi connectivity index (χ2v) is 9.21. The summed E-state index contributed by atoms with van der Waals surface area (Å²) in [6, 6.07) is 8.24. The first kappa shape index (κ1) is 20.9. The number of hydrogen-bond acceptors (Lipinski definition) is 5. The maximum absolute atomic E-state index is 12.7. The van der Waals surface area contributed by atoms with E-state index in [1.54, 1.807) is 20.3 Å². The lowest BCUT2D eigenvalue weighted by Crippen LogP contribution is -2.53. The van der Waals surface area contributed by atoms with Gasteiger partial charge in [-0.25, -0.2) is 0 Å². The molecule has 2 aliphatic rings. The number of pyridine rings is 1. The highest BCUT2D eigenvalue weighted by Gasteiger charge is 2.34. The lowest BCUT2D eigenvalue weighted by atomic mass is 9.83. The smallest absolute Gasteiger partial charge is 0.197 e. The first-order valence-electron chi connectivity index (χ1n) is 10.6. The van der Waals surface area contributed by atoms with Crippen LogP contribution in [-0.4, -0.2) is 51.2 Å². The van der Waals surface area contributed by atoms with Crippen LogP contribution in [0.1, 0.15) is 25.0 Å². The molecule has 0 radical (unpaired) electrons. The van der Waals surface area contributed by atoms with Crippen LogP contribution >= 0.6 is 0 Å². The monoisotopic (exact) mass is 412 g/mol. The molecule has 6 nitrogen and oxygen atoms in total. The summed E-state index contributed by atoms with van der Waals surface area (Å²) in [6.45, 7) is 10.2. The highest BCUT2D eigenvalue weighted by atomic mass is 16.6. The number of hydrogen-bond donors (Lipinski definition) is 0. The fourth-order valence-corrected chi connectivity index (χ4v) is 4.58. The standard InChI is InChI=1S/C24H32N2O4/c1-16-21(27)11-22(30-13-19(29-5)12-28-4)26-9-8-17-10-18(6-7-20(17)23(16)26)25-14-24(2,3)15-25/h6-7,10-11,19H,8-9,12-15H2,1-5H3/t19-/m0/s1. The van der Waals surface area contributed by atoms with Crippen molar-refractivity contribution in [2.45, 2.75) is 39.8 Å². The van der Waals surface area contributed by atoms with Crippen LogP contribution in [0, 0.1) is 12.3 Å². The Bertz CT molecular complexity index is 987. The predicted octanol–water partition coefficient (Wildman–Crippen LogP) is 3.27. The summed E-state index contributed by atoms with van der Waals surface area (Å²) in [5, 5.41) is 0. The molecular weight excluding hydrogens is 380 g/mol. The van der Waals surface area contributed by atoms with Crippen molar-refractivity contribution in [3.05, 3.63) is 45.6 Å². The molecule has 0 bridgehead atoms. The van der Waals surface area contributed by atoms with Crippen LogP contribution in [0.25, 0.3) is 11.3 Å². The highest BCUT2D eigenvalue weighted by molar-refractivity contribution is 5.73. The zero-order valence-electron chi connectivity index (χ0n) is 18.7. The average molecular weight is 413 g/mol. The maximum atomic E-state index is 12.7. The highest BCUT2D eigenvalue weighted by Crippen LogP contribution is 2.39. The van der Waals surface area contributed by atoms with E-state index in [1.165, 1.54) is 11.3 Å². The Morgan fingerprint density at radius 3 is 2.57 bits per heavy atom. The van der Waals surface area contributed by atoms with Crippen LogP contribution in [0.3, 0.4) is 0 Å². The van der Waals surface area contributed by atoms with Crippen LogP contribution in [0.5, 0.6) is 5.88 Å². The van der Waals surface area contributed by atoms with Crippen LogP contribution in [0.15, 0.2) is 29.1 Å². The van der Waals surface area contributed by atoms with E-state index in [2.05, 4.69) is 41.5 Å². The Morgan fingerprint density at radius 1 is 1.13 bits per heavy atom. The largest absolute Gasteiger partial charge is 0.476 e. The summed E-state index contributed by atoms with van der Waals surface area (Å²) in [5.74, 6) is 0.595. The van der Waals surface area contributed by atoms with Gasteiger partial charge in [-0.3, -0.25) is 4.79 Å². The Kier molecular flexibility index (Phi) is 5.64. The van der Waals surface area contributed by atoms with E-state index < -0.39 is 0 Å². The molecule has 30 heavy (non-hydrogen) atoms. The molecule has 162 valence electrons. The molecule has 1 aromatic heterocycles. The molecule has 0 aliphatic carbocycles. The van der Waals surface area contributed by atoms with Gasteiger partial charge in [-0.1, -0.05) is 19.9 Å². The Hall–Kier alpha value is -2.31. The van der Waals surface area contributed by atoms with Crippen molar-refractivity contribution in [3.8, 4) is 17.1 Å². The van der Waals surface area contributed by atoms with Gasteiger partial charge in [0.25, 0.3) is 0 Å². The van der Waals surface area contributed by atoms with E-state index in [9.17, 15) is 4.79 Å². The molecule has 0 amide bonds. The van der Waals surface area contributed by atoms with E-state index in [4.69, 9.17) is 14.2 Å². The normalized spacial score (nSPS) is 17.7. The molecule has 1 fully saturated rings. The zero-order chi connectivity index (χ0) is 21.5. The van der Waals surface area contributed by atoms with E-state index in [-0.39, 0.29) is 11.5 Å². The van der Waals surface area contributed by atoms with Gasteiger partial charge in [0.15, 0.2) is 11.3 Å². The number of benzene rings is 1. The van der Waals surface area contributed by atoms with Gasteiger partial charge in [0.1, 0.15) is 12.7 Å². The van der Waals surface area contributed by atoms with E-state index >= 15 is 0 Å². The number of ether oxygens (including phenoxy) is 3. The van der Waals surface area contributed by atoms with Crippen LogP contribution in [0.4, 0.5) is 5.69 Å². The van der Waals surface area contributed by atoms with Gasteiger partial charge in [-0.15, -0.1) is 0 Å². The molecule has 0 N–H and O–H groups in total. The van der Waals surface area contributed by atoms with Gasteiger partial charge in [-0.05, 0) is 36.5 Å². The topological polar surface area (TPSA) is 52.9 Å². The van der Waals surface area contributed by atoms with E-state index in [1.807, 2.05) is 6.92 Å². The molecule has 1 aromatic carbocycles. The van der Waals surface area contributed by atoms with Crippen LogP contribution in [0.2, 0.25) is 0 Å². The number of nitrogens with zero attached hydrogens (tertiary/aromatic N) is 2. The fraction of sp³-hybridized carbons (Fsp3) is 0.542. The fourth-order valence-electron chi connectivity index (χ4n) is 4.58. The summed E-state index contributed by atoms with van der Waals surface area (Å²) < 4.78 is 18.7. The number of aryl methyl sites for hydroxylation is 1. The van der Waals surface area contributed by atoms with Gasteiger partial charge in [0.05, 0.1) is 12.3 Å². The Labute approximate surface area is 178 Å². The molecule has 2 aromatic rings. The third kappa shape index (κ3) is 3.86. The molecule has 1 atom stereocenters. The molecule has 0 saturated carbocycles. The quantitative estimate of drug-likeness (QED) is 0.699. The SMILES string of the molecule is COC[C@@H](COc1cc(=O)c(C)c2n1CCc1cc(N3CC(C)(C)C3)ccc1-2)OC. The molecule has 0 unspecified atom stereocenters. The van der Waals surface area contributed by atoms with Crippen molar-refractivity contribution >= 4 is 5.69 Å². The summed E-state index contributed by atoms with van der Waals surface area (Å²) in [6.07, 6.45) is 0.736. The molecular formula is C24H32N2O4. The molecule has 2 aliphatic heterocycles. The third-order valence-electron chi connectivity index (χ3n) is 6.17. The molecule has 0 spiro atoms. The van der Waals surface area contributed by atoms with Crippen molar-refractivity contribution in [3.63, 3.8) is 0 Å². The molecule has 4 rings (SSSR count). The van der Waals surface area contributed by atoms with E-state index in [0.717, 1.165) is 42.9 Å². The molecule has 6 heteroatoms. The lowest BCUT2D eigenvalue weighted by molar-refractivity contribution is -0.000948. The maximum Gasteiger partial charge on any atom is 0.197 e. The van der Waals surface area contributed by atoms with E-state index in [0.29, 0.717) is 24.5 Å². The third-order valence-corrected chi connectivity index (χ3v) is 6.17. The predicted molar refractivity (Wildman–Crippen MR) is 119 cm³/mol. The Morgan fingerprint density at radius 2 is 1.90 bits per heavy atom. The van der Waals surface area contributed by atoms with Gasteiger partial charge in [0, 0.05) is 56.7 Å². The van der Waals surface area contributed by atoms with Crippen molar-refractivity contribution in [1.82, 2.24) is 4.57 Å². The average Bonchev–Trinajstić information content (AvgIpc) is 2.71. The minimum absolute atomic E-state index is 0.00150. The number of fused-ring (bicyclic) bond motifs is 3. The van der Waals surface area contributed by atoms with Crippen molar-refractivity contribution in [1.29, 1.82) is 0 Å². The van der Waals surface area contributed by atoms with Gasteiger partial charge >= 0.3 is 0 Å². The summed E-state index contributed by atoms with van der Waals surface area (Å²) in [5.41, 5.74) is 5.82. The Balaban J connectivity index is 1.65. The molecule has 3 heterocycles. The number of methoxy groups -OCH3 is 2. The molecule has 1 saturated heterocycles. The van der Waals surface area contributed by atoms with Crippen molar-refractivity contribution < 1.29 is 14.2 Å². The second-order valence-electron chi connectivity index (χ2n) is 9.21. The second kappa shape index (κ2) is 8.08. The van der Waals surface area contributed by atoms with Gasteiger partial charge in [-0.2, -0.15) is 0 Å². The summed E-state index contributed by atoms with van der Waals surface area (Å²) >= 11 is 0. The number of rotatable bonds is 7. The minimum atomic E-state index is -0.179. The number of anilines is 1.